The number of rotatable bonds is 5. The molecule has 3 aromatic rings. The van der Waals surface area contributed by atoms with Gasteiger partial charge in [0.15, 0.2) is 0 Å². The van der Waals surface area contributed by atoms with Gasteiger partial charge in [0.2, 0.25) is 5.82 Å². The van der Waals surface area contributed by atoms with Gasteiger partial charge >= 0.3 is 11.6 Å². The Bertz CT molecular complexity index is 975. The Morgan fingerprint density at radius 1 is 1.00 bits per heavy atom. The normalized spacial score (nSPS) is 10.4. The van der Waals surface area contributed by atoms with Crippen molar-refractivity contribution in [2.24, 2.45) is 0 Å². The molecule has 132 valence electrons. The van der Waals surface area contributed by atoms with Crippen molar-refractivity contribution < 1.29 is 9.66 Å². The Morgan fingerprint density at radius 3 is 2.50 bits per heavy atom. The largest absolute Gasteiger partial charge is 0.434 e. The van der Waals surface area contributed by atoms with E-state index in [2.05, 4.69) is 20.3 Å². The van der Waals surface area contributed by atoms with Crippen LogP contribution in [0, 0.1) is 30.9 Å². The van der Waals surface area contributed by atoms with Gasteiger partial charge in [0, 0.05) is 6.20 Å². The van der Waals surface area contributed by atoms with E-state index >= 15 is 0 Å². The molecule has 8 heteroatoms. The zero-order valence-corrected chi connectivity index (χ0v) is 14.6. The lowest BCUT2D eigenvalue weighted by molar-refractivity contribution is -0.385. The predicted octanol–water partition coefficient (Wildman–Crippen LogP) is 4.24. The van der Waals surface area contributed by atoms with E-state index in [-0.39, 0.29) is 17.4 Å². The van der Waals surface area contributed by atoms with Crippen LogP contribution in [0.3, 0.4) is 0 Å². The number of ether oxygens (including phenoxy) is 1. The fourth-order valence-corrected chi connectivity index (χ4v) is 2.31. The van der Waals surface area contributed by atoms with Crippen molar-refractivity contribution in [1.82, 2.24) is 15.0 Å². The van der Waals surface area contributed by atoms with E-state index in [9.17, 15) is 10.1 Å². The molecule has 0 bridgehead atoms. The molecule has 0 saturated heterocycles. The minimum absolute atomic E-state index is 0.0191. The molecule has 2 aromatic heterocycles. The molecule has 0 aliphatic heterocycles. The minimum Gasteiger partial charge on any atom is -0.434 e. The lowest BCUT2D eigenvalue weighted by Crippen LogP contribution is -2.05. The number of hydrogen-bond acceptors (Lipinski definition) is 7. The summed E-state index contributed by atoms with van der Waals surface area (Å²) in [5.74, 6) is 0.830. The Hall–Kier alpha value is -3.55. The summed E-state index contributed by atoms with van der Waals surface area (Å²) in [6.07, 6.45) is 2.80. The van der Waals surface area contributed by atoms with Gasteiger partial charge < -0.3 is 10.1 Å². The Labute approximate surface area is 150 Å². The highest BCUT2D eigenvalue weighted by Crippen LogP contribution is 2.35. The van der Waals surface area contributed by atoms with Crippen LogP contribution in [0.4, 0.5) is 17.3 Å². The highest BCUT2D eigenvalue weighted by atomic mass is 16.6. The SMILES string of the molecule is Cc1ccc(Oc2ncnc(Nc3ncccc3C)c2[N+](=O)[O-])cc1C. The van der Waals surface area contributed by atoms with E-state index in [1.54, 1.807) is 24.4 Å². The number of nitro groups is 1. The molecular formula is C18H17N5O3. The molecule has 3 rings (SSSR count). The number of benzene rings is 1. The molecule has 0 spiro atoms. The number of nitrogens with one attached hydrogen (secondary N) is 1. The molecule has 0 amide bonds. The van der Waals surface area contributed by atoms with Crippen LogP contribution in [-0.4, -0.2) is 19.9 Å². The molecule has 8 nitrogen and oxygen atoms in total. The monoisotopic (exact) mass is 351 g/mol. The summed E-state index contributed by atoms with van der Waals surface area (Å²) in [6, 6.07) is 9.05. The van der Waals surface area contributed by atoms with Crippen LogP contribution < -0.4 is 10.1 Å². The first-order valence-electron chi connectivity index (χ1n) is 7.89. The fourth-order valence-electron chi connectivity index (χ4n) is 2.31. The van der Waals surface area contributed by atoms with Crippen LogP contribution in [0.1, 0.15) is 16.7 Å². The lowest BCUT2D eigenvalue weighted by Gasteiger charge is -2.11. The Kier molecular flexibility index (Phi) is 4.74. The Balaban J connectivity index is 1.99. The van der Waals surface area contributed by atoms with Crippen molar-refractivity contribution in [2.75, 3.05) is 5.32 Å². The lowest BCUT2D eigenvalue weighted by atomic mass is 10.1. The average molecular weight is 351 g/mol. The first kappa shape index (κ1) is 17.3. The van der Waals surface area contributed by atoms with Crippen LogP contribution in [0.2, 0.25) is 0 Å². The smallest absolute Gasteiger partial charge is 0.373 e. The molecule has 0 saturated carbocycles. The third kappa shape index (κ3) is 3.59. The second-order valence-corrected chi connectivity index (χ2v) is 5.78. The van der Waals surface area contributed by atoms with Gasteiger partial charge in [-0.3, -0.25) is 10.1 Å². The molecule has 0 radical (unpaired) electrons. The number of nitrogens with zero attached hydrogens (tertiary/aromatic N) is 4. The first-order valence-corrected chi connectivity index (χ1v) is 7.89. The van der Waals surface area contributed by atoms with Gasteiger partial charge in [0.05, 0.1) is 4.92 Å². The Morgan fingerprint density at radius 2 is 1.81 bits per heavy atom. The quantitative estimate of drug-likeness (QED) is 0.541. The second-order valence-electron chi connectivity index (χ2n) is 5.78. The summed E-state index contributed by atoms with van der Waals surface area (Å²) >= 11 is 0. The summed E-state index contributed by atoms with van der Waals surface area (Å²) in [5.41, 5.74) is 2.59. The summed E-state index contributed by atoms with van der Waals surface area (Å²) < 4.78 is 5.66. The van der Waals surface area contributed by atoms with Crippen molar-refractivity contribution in [3.05, 3.63) is 69.7 Å². The second kappa shape index (κ2) is 7.14. The third-order valence-corrected chi connectivity index (χ3v) is 3.91. The molecule has 0 aliphatic rings. The number of aryl methyl sites for hydroxylation is 3. The number of pyridine rings is 1. The first-order chi connectivity index (χ1) is 12.5. The number of hydrogen-bond donors (Lipinski definition) is 1. The van der Waals surface area contributed by atoms with Crippen LogP contribution in [0.25, 0.3) is 0 Å². The van der Waals surface area contributed by atoms with Crippen molar-refractivity contribution in [1.29, 1.82) is 0 Å². The summed E-state index contributed by atoms with van der Waals surface area (Å²) in [4.78, 5) is 23.1. The molecule has 0 aliphatic carbocycles. The molecule has 1 aromatic carbocycles. The van der Waals surface area contributed by atoms with Gasteiger partial charge in [-0.2, -0.15) is 4.98 Å². The van der Waals surface area contributed by atoms with E-state index in [0.717, 1.165) is 16.7 Å². The van der Waals surface area contributed by atoms with E-state index in [1.165, 1.54) is 6.33 Å². The standard InChI is InChI=1S/C18H17N5O3/c1-11-6-7-14(9-13(11)3)26-18-15(23(24)25)17(20-10-21-18)22-16-12(2)5-4-8-19-16/h4-10H,1-3H3,(H,19,20,21,22). The minimum atomic E-state index is -0.572. The molecule has 26 heavy (non-hydrogen) atoms. The van der Waals surface area contributed by atoms with Crippen molar-refractivity contribution in [2.45, 2.75) is 20.8 Å². The zero-order chi connectivity index (χ0) is 18.7. The summed E-state index contributed by atoms with van der Waals surface area (Å²) in [6.45, 7) is 5.76. The van der Waals surface area contributed by atoms with Crippen LogP contribution in [-0.2, 0) is 0 Å². The summed E-state index contributed by atoms with van der Waals surface area (Å²) in [7, 11) is 0. The van der Waals surface area contributed by atoms with E-state index in [0.29, 0.717) is 11.6 Å². The van der Waals surface area contributed by atoms with Crippen molar-refractivity contribution in [3.63, 3.8) is 0 Å². The topological polar surface area (TPSA) is 103 Å². The molecule has 0 unspecified atom stereocenters. The van der Waals surface area contributed by atoms with Gasteiger partial charge in [0.1, 0.15) is 17.9 Å². The van der Waals surface area contributed by atoms with Crippen molar-refractivity contribution >= 4 is 17.3 Å². The van der Waals surface area contributed by atoms with Gasteiger partial charge in [-0.1, -0.05) is 12.1 Å². The van der Waals surface area contributed by atoms with Crippen LogP contribution in [0.15, 0.2) is 42.9 Å². The predicted molar refractivity (Wildman–Crippen MR) is 96.9 cm³/mol. The van der Waals surface area contributed by atoms with Crippen LogP contribution in [0.5, 0.6) is 11.6 Å². The third-order valence-electron chi connectivity index (χ3n) is 3.91. The molecule has 1 N–H and O–H groups in total. The molecule has 0 fully saturated rings. The maximum absolute atomic E-state index is 11.6. The maximum atomic E-state index is 11.6. The molecule has 0 atom stereocenters. The number of aromatic nitrogens is 3. The van der Waals surface area contributed by atoms with E-state index < -0.39 is 4.92 Å². The van der Waals surface area contributed by atoms with Crippen molar-refractivity contribution in [3.8, 4) is 11.6 Å². The highest BCUT2D eigenvalue weighted by molar-refractivity contribution is 5.68. The zero-order valence-electron chi connectivity index (χ0n) is 14.6. The van der Waals surface area contributed by atoms with Gasteiger partial charge in [-0.15, -0.1) is 0 Å². The summed E-state index contributed by atoms with van der Waals surface area (Å²) in [5, 5.41) is 14.5. The van der Waals surface area contributed by atoms with Gasteiger partial charge in [-0.05, 0) is 55.7 Å². The molecular weight excluding hydrogens is 334 g/mol. The number of anilines is 2. The van der Waals surface area contributed by atoms with Gasteiger partial charge in [0.25, 0.3) is 0 Å². The average Bonchev–Trinajstić information content (AvgIpc) is 2.60. The van der Waals surface area contributed by atoms with E-state index in [1.807, 2.05) is 32.9 Å². The van der Waals surface area contributed by atoms with Crippen LogP contribution >= 0.6 is 0 Å². The fraction of sp³-hybridized carbons (Fsp3) is 0.167. The maximum Gasteiger partial charge on any atom is 0.373 e. The van der Waals surface area contributed by atoms with Gasteiger partial charge in [-0.25, -0.2) is 9.97 Å². The molecule has 2 heterocycles. The van der Waals surface area contributed by atoms with E-state index in [4.69, 9.17) is 4.74 Å². The highest BCUT2D eigenvalue weighted by Gasteiger charge is 2.25.